The largest absolute Gasteiger partial charge is 0.489 e. The Labute approximate surface area is 406 Å². The number of H-pyrrole nitrogens is 1. The van der Waals surface area contributed by atoms with E-state index in [1.807, 2.05) is 35.4 Å². The number of hydrogen-bond acceptors (Lipinski definition) is 14. The molecule has 3 aromatic carbocycles. The molecule has 8 aliphatic rings. The number of nitro groups is 1. The first-order valence-corrected chi connectivity index (χ1v) is 26.7. The van der Waals surface area contributed by atoms with Crippen LogP contribution in [0.25, 0.3) is 11.0 Å². The maximum atomic E-state index is 14.7. The van der Waals surface area contributed by atoms with Gasteiger partial charge in [0.15, 0.2) is 11.4 Å². The van der Waals surface area contributed by atoms with Gasteiger partial charge in [-0.05, 0) is 129 Å². The van der Waals surface area contributed by atoms with Gasteiger partial charge in [-0.2, -0.15) is 4.98 Å². The van der Waals surface area contributed by atoms with Crippen LogP contribution in [-0.4, -0.2) is 111 Å². The van der Waals surface area contributed by atoms with Gasteiger partial charge in [0.2, 0.25) is 5.88 Å². The fourth-order valence-corrected chi connectivity index (χ4v) is 13.9. The second kappa shape index (κ2) is 17.1. The number of rotatable bonds is 10. The first-order valence-electron chi connectivity index (χ1n) is 25.2. The topological polar surface area (TPSA) is 194 Å². The van der Waals surface area contributed by atoms with Gasteiger partial charge in [0.1, 0.15) is 24.0 Å². The molecule has 4 atom stereocenters. The molecule has 18 heteroatoms. The van der Waals surface area contributed by atoms with Gasteiger partial charge in [0.05, 0.1) is 46.4 Å². The van der Waals surface area contributed by atoms with Gasteiger partial charge in [0, 0.05) is 67.8 Å². The summed E-state index contributed by atoms with van der Waals surface area (Å²) in [6.45, 7) is 4.87. The number of fused-ring (bicyclic) bond motifs is 4. The van der Waals surface area contributed by atoms with Gasteiger partial charge < -0.3 is 39.0 Å². The highest BCUT2D eigenvalue weighted by Crippen LogP contribution is 2.55. The van der Waals surface area contributed by atoms with Crippen LogP contribution in [0.3, 0.4) is 0 Å². The number of anilines is 4. The van der Waals surface area contributed by atoms with Crippen molar-refractivity contribution in [3.63, 3.8) is 0 Å². The lowest BCUT2D eigenvalue weighted by atomic mass is 9.59. The molecule has 4 saturated heterocycles. The number of piperidine rings is 1. The summed E-state index contributed by atoms with van der Waals surface area (Å²) in [5, 5.41) is 16.6. The number of likely N-dealkylation sites (tertiary alicyclic amines) is 1. The average Bonchev–Trinajstić information content (AvgIpc) is 3.66. The molecule has 2 saturated carbocycles. The number of carbonyl (C=O) groups is 1. The molecule has 3 N–H and O–H groups in total. The molecule has 5 aromatic rings. The van der Waals surface area contributed by atoms with E-state index in [0.29, 0.717) is 66.8 Å². The third-order valence-electron chi connectivity index (χ3n) is 16.9. The van der Waals surface area contributed by atoms with Crippen LogP contribution in [-0.2, 0) is 19.5 Å². The lowest BCUT2D eigenvalue weighted by Gasteiger charge is -2.56. The summed E-state index contributed by atoms with van der Waals surface area (Å²) in [5.41, 5.74) is 5.87. The maximum Gasteiger partial charge on any atom is 0.297 e. The first-order chi connectivity index (χ1) is 34.1. The Kier molecular flexibility index (Phi) is 10.8. The molecule has 0 unspecified atom stereocenters. The number of carbonyl (C=O) groups excluding carboxylic acids is 1. The summed E-state index contributed by atoms with van der Waals surface area (Å²) >= 11 is 0. The Bertz CT molecular complexity index is 2990. The Hall–Kier alpha value is -5.95. The molecule has 2 aromatic heterocycles. The number of amides is 1. The van der Waals surface area contributed by atoms with Crippen molar-refractivity contribution >= 4 is 55.4 Å². The molecule has 8 heterocycles. The summed E-state index contributed by atoms with van der Waals surface area (Å²) in [6.07, 6.45) is 12.6. The Morgan fingerprint density at radius 1 is 0.886 bits per heavy atom. The standard InChI is InChI=1S/C52H58N8O9S/c61-50(56-70(64,65)36-24-43(60(62)63)48-46(25-36)68-28-40(54-48)32-12-20-66-21-13-32)39-10-9-34(23-42(39)59-44-22-33-11-16-53-49(33)55-51(44)69-47-30-67-29-45(47)59)57-18-14-52(15-19-57)26-35(27-52)58-17-3-6-41(58)38-5-2-1-4-37(38)31-7-8-31/h1-2,4-5,9-11,16,22-25,31-32,35,40-41,45,47,54H,3,6-8,12-15,17-21,26-30H2,(H,53,55)(H,56,61)/t40-,41-,45+,47-/m0/s1. The zero-order valence-electron chi connectivity index (χ0n) is 39.0. The molecule has 6 fully saturated rings. The van der Waals surface area contributed by atoms with Crippen LogP contribution in [0.5, 0.6) is 11.6 Å². The third kappa shape index (κ3) is 7.72. The van der Waals surface area contributed by atoms with Gasteiger partial charge in [-0.3, -0.25) is 19.8 Å². The van der Waals surface area contributed by atoms with Crippen molar-refractivity contribution in [1.29, 1.82) is 0 Å². The molecule has 366 valence electrons. The molecule has 17 nitrogen and oxygen atoms in total. The number of benzene rings is 3. The fraction of sp³-hybridized carbons (Fsp3) is 0.500. The van der Waals surface area contributed by atoms with Crippen molar-refractivity contribution in [2.24, 2.45) is 11.3 Å². The summed E-state index contributed by atoms with van der Waals surface area (Å²) < 4.78 is 54.9. The van der Waals surface area contributed by atoms with Gasteiger partial charge in [0.25, 0.3) is 21.6 Å². The van der Waals surface area contributed by atoms with Crippen LogP contribution in [0.4, 0.5) is 28.4 Å². The van der Waals surface area contributed by atoms with Crippen LogP contribution in [0.2, 0.25) is 0 Å². The third-order valence-corrected chi connectivity index (χ3v) is 18.2. The number of nitrogens with one attached hydrogen (secondary N) is 3. The SMILES string of the molecule is O=C(NS(=O)(=O)c1cc2c(c([N+](=O)[O-])c1)N[C@H](C1CCOCC1)CO2)c1ccc(N2CCC3(CC2)CC(N2CCC[C@H]2c2ccccc2C2CC2)C3)cc1N1c2cc3cc[nH]c3nc2O[C@H]2COC[C@H]21. The smallest absolute Gasteiger partial charge is 0.297 e. The van der Waals surface area contributed by atoms with Crippen LogP contribution in [0.15, 0.2) is 77.8 Å². The van der Waals surface area contributed by atoms with E-state index < -0.39 is 37.5 Å². The van der Waals surface area contributed by atoms with E-state index in [1.54, 1.807) is 17.2 Å². The van der Waals surface area contributed by atoms with Crippen LogP contribution < -0.4 is 29.3 Å². The second-order valence-electron chi connectivity index (χ2n) is 20.9. The molecule has 1 amide bonds. The number of sulfonamides is 1. The first kappa shape index (κ1) is 44.0. The van der Waals surface area contributed by atoms with Gasteiger partial charge in [-0.25, -0.2) is 13.1 Å². The van der Waals surface area contributed by atoms with Gasteiger partial charge in [-0.1, -0.05) is 24.3 Å². The van der Waals surface area contributed by atoms with Crippen molar-refractivity contribution in [3.05, 3.63) is 99.7 Å². The van der Waals surface area contributed by atoms with E-state index in [0.717, 1.165) is 61.8 Å². The molecule has 13 rings (SSSR count). The van der Waals surface area contributed by atoms with E-state index >= 15 is 0 Å². The van der Waals surface area contributed by atoms with Gasteiger partial charge >= 0.3 is 0 Å². The van der Waals surface area contributed by atoms with Crippen molar-refractivity contribution in [1.82, 2.24) is 19.6 Å². The summed E-state index contributed by atoms with van der Waals surface area (Å²) in [4.78, 5) is 41.4. The molecular formula is C52H58N8O9S. The van der Waals surface area contributed by atoms with Gasteiger partial charge in [-0.15, -0.1) is 0 Å². The molecule has 1 spiro atoms. The molecule has 2 aliphatic carbocycles. The van der Waals surface area contributed by atoms with Crippen molar-refractivity contribution in [2.75, 3.05) is 67.8 Å². The maximum absolute atomic E-state index is 14.7. The number of hydrogen-bond donors (Lipinski definition) is 3. The van der Waals surface area contributed by atoms with Crippen molar-refractivity contribution in [2.45, 2.75) is 105 Å². The predicted molar refractivity (Wildman–Crippen MR) is 262 cm³/mol. The van der Waals surface area contributed by atoms with E-state index in [9.17, 15) is 23.3 Å². The Morgan fingerprint density at radius 3 is 2.50 bits per heavy atom. The lowest BCUT2D eigenvalue weighted by Crippen LogP contribution is -2.55. The number of nitro benzene ring substituents is 1. The summed E-state index contributed by atoms with van der Waals surface area (Å²) in [6, 6.07) is 21.4. The number of nitrogens with zero attached hydrogens (tertiary/aromatic N) is 5. The zero-order chi connectivity index (χ0) is 47.3. The molecule has 0 radical (unpaired) electrons. The predicted octanol–water partition coefficient (Wildman–Crippen LogP) is 7.95. The fourth-order valence-electron chi connectivity index (χ4n) is 12.9. The lowest BCUT2D eigenvalue weighted by molar-refractivity contribution is -0.384. The Balaban J connectivity index is 0.787. The average molecular weight is 971 g/mol. The monoisotopic (exact) mass is 970 g/mol. The Morgan fingerprint density at radius 2 is 1.70 bits per heavy atom. The normalized spacial score (nSPS) is 25.6. The van der Waals surface area contributed by atoms with E-state index in [-0.39, 0.29) is 41.6 Å². The minimum absolute atomic E-state index is 0.0340. The van der Waals surface area contributed by atoms with Crippen LogP contribution >= 0.6 is 0 Å². The van der Waals surface area contributed by atoms with E-state index in [1.165, 1.54) is 51.1 Å². The highest BCUT2D eigenvalue weighted by atomic mass is 32.2. The highest BCUT2D eigenvalue weighted by Gasteiger charge is 2.51. The zero-order valence-corrected chi connectivity index (χ0v) is 39.8. The van der Waals surface area contributed by atoms with Crippen molar-refractivity contribution < 1.29 is 37.1 Å². The van der Waals surface area contributed by atoms with Crippen LogP contribution in [0.1, 0.15) is 97.7 Å². The second-order valence-corrected chi connectivity index (χ2v) is 22.6. The summed E-state index contributed by atoms with van der Waals surface area (Å²) in [7, 11) is -4.68. The quantitative estimate of drug-likeness (QED) is 0.0902. The van der Waals surface area contributed by atoms with E-state index in [4.69, 9.17) is 23.9 Å². The number of pyridine rings is 1. The number of aromatic amines is 1. The number of ether oxygens (including phenoxy) is 4. The minimum Gasteiger partial charge on any atom is -0.489 e. The molecule has 0 bridgehead atoms. The molecular weight excluding hydrogens is 913 g/mol. The molecule has 70 heavy (non-hydrogen) atoms. The van der Waals surface area contributed by atoms with Crippen molar-refractivity contribution in [3.8, 4) is 11.6 Å². The minimum atomic E-state index is -4.68. The molecule has 6 aliphatic heterocycles. The van der Waals surface area contributed by atoms with Crippen LogP contribution in [0, 0.1) is 21.4 Å². The number of aromatic nitrogens is 2. The summed E-state index contributed by atoms with van der Waals surface area (Å²) in [5.74, 6) is 0.427. The highest BCUT2D eigenvalue weighted by molar-refractivity contribution is 7.90. The van der Waals surface area contributed by atoms with E-state index in [2.05, 4.69) is 49.1 Å².